The number of benzene rings is 1. The molecule has 0 spiro atoms. The SMILES string of the molecule is CCNC(=S)NN=Cc1ccc(-c2cc([N+](=O)[O-])ccc2OC)o1. The van der Waals surface area contributed by atoms with Gasteiger partial charge in [-0.3, -0.25) is 15.5 Å². The van der Waals surface area contributed by atoms with Crippen molar-refractivity contribution in [3.05, 3.63) is 46.2 Å². The number of nitro groups is 1. The van der Waals surface area contributed by atoms with Gasteiger partial charge in [-0.2, -0.15) is 5.10 Å². The van der Waals surface area contributed by atoms with Gasteiger partial charge in [0.25, 0.3) is 5.69 Å². The normalized spacial score (nSPS) is 10.6. The Labute approximate surface area is 143 Å². The Kier molecular flexibility index (Phi) is 5.85. The first-order valence-electron chi connectivity index (χ1n) is 7.04. The Morgan fingerprint density at radius 1 is 1.46 bits per heavy atom. The van der Waals surface area contributed by atoms with E-state index in [1.807, 2.05) is 6.92 Å². The lowest BCUT2D eigenvalue weighted by atomic mass is 10.1. The second kappa shape index (κ2) is 8.06. The van der Waals surface area contributed by atoms with Crippen LogP contribution in [0.15, 0.2) is 39.9 Å². The number of nitrogens with one attached hydrogen (secondary N) is 2. The minimum Gasteiger partial charge on any atom is -0.496 e. The fourth-order valence-electron chi connectivity index (χ4n) is 1.92. The molecule has 0 amide bonds. The summed E-state index contributed by atoms with van der Waals surface area (Å²) in [6.07, 6.45) is 1.46. The van der Waals surface area contributed by atoms with E-state index in [-0.39, 0.29) is 5.69 Å². The number of hydrazone groups is 1. The van der Waals surface area contributed by atoms with E-state index < -0.39 is 4.92 Å². The second-order valence-electron chi connectivity index (χ2n) is 4.57. The molecule has 1 aromatic heterocycles. The van der Waals surface area contributed by atoms with Crippen LogP contribution in [0.2, 0.25) is 0 Å². The minimum atomic E-state index is -0.472. The third-order valence-electron chi connectivity index (χ3n) is 2.98. The number of nitro benzene ring substituents is 1. The molecular formula is C15H16N4O4S. The summed E-state index contributed by atoms with van der Waals surface area (Å²) >= 11 is 4.97. The van der Waals surface area contributed by atoms with Gasteiger partial charge in [-0.1, -0.05) is 0 Å². The van der Waals surface area contributed by atoms with Crippen LogP contribution >= 0.6 is 12.2 Å². The zero-order valence-corrected chi connectivity index (χ0v) is 13.9. The number of methoxy groups -OCH3 is 1. The van der Waals surface area contributed by atoms with E-state index in [4.69, 9.17) is 21.4 Å². The molecule has 1 aromatic carbocycles. The molecule has 24 heavy (non-hydrogen) atoms. The molecule has 0 aliphatic carbocycles. The van der Waals surface area contributed by atoms with Crippen LogP contribution in [-0.4, -0.2) is 29.9 Å². The fourth-order valence-corrected chi connectivity index (χ4v) is 2.12. The van der Waals surface area contributed by atoms with Gasteiger partial charge in [0.15, 0.2) is 5.11 Å². The van der Waals surface area contributed by atoms with E-state index in [0.717, 1.165) is 0 Å². The molecule has 0 aliphatic rings. The van der Waals surface area contributed by atoms with Gasteiger partial charge in [0.1, 0.15) is 17.3 Å². The van der Waals surface area contributed by atoms with E-state index in [1.165, 1.54) is 31.5 Å². The number of rotatable bonds is 6. The Morgan fingerprint density at radius 3 is 2.92 bits per heavy atom. The van der Waals surface area contributed by atoms with Crippen LogP contribution in [0.25, 0.3) is 11.3 Å². The van der Waals surface area contributed by atoms with Gasteiger partial charge in [0, 0.05) is 18.7 Å². The Morgan fingerprint density at radius 2 is 2.25 bits per heavy atom. The van der Waals surface area contributed by atoms with Crippen LogP contribution < -0.4 is 15.5 Å². The van der Waals surface area contributed by atoms with Gasteiger partial charge in [0.2, 0.25) is 0 Å². The number of hydrogen-bond acceptors (Lipinski definition) is 6. The highest BCUT2D eigenvalue weighted by Crippen LogP contribution is 2.34. The quantitative estimate of drug-likeness (QED) is 0.358. The van der Waals surface area contributed by atoms with E-state index in [1.54, 1.807) is 12.1 Å². The number of hydrogen-bond donors (Lipinski definition) is 2. The van der Waals surface area contributed by atoms with Crippen molar-refractivity contribution in [2.75, 3.05) is 13.7 Å². The maximum absolute atomic E-state index is 10.9. The molecule has 0 aliphatic heterocycles. The average molecular weight is 348 g/mol. The molecule has 9 heteroatoms. The Bertz CT molecular complexity index is 773. The van der Waals surface area contributed by atoms with Crippen molar-refractivity contribution in [2.45, 2.75) is 6.92 Å². The predicted molar refractivity (Wildman–Crippen MR) is 94.4 cm³/mol. The van der Waals surface area contributed by atoms with Gasteiger partial charge in [-0.05, 0) is 37.3 Å². The van der Waals surface area contributed by atoms with Gasteiger partial charge in [-0.15, -0.1) is 0 Å². The monoisotopic (exact) mass is 348 g/mol. The van der Waals surface area contributed by atoms with Crippen LogP contribution in [-0.2, 0) is 0 Å². The first kappa shape index (κ1) is 17.4. The van der Waals surface area contributed by atoms with Gasteiger partial charge >= 0.3 is 0 Å². The fraction of sp³-hybridized carbons (Fsp3) is 0.200. The molecular weight excluding hydrogens is 332 g/mol. The summed E-state index contributed by atoms with van der Waals surface area (Å²) in [5.41, 5.74) is 3.09. The van der Waals surface area contributed by atoms with Crippen molar-refractivity contribution in [3.8, 4) is 17.1 Å². The van der Waals surface area contributed by atoms with E-state index in [9.17, 15) is 10.1 Å². The van der Waals surface area contributed by atoms with Crippen molar-refractivity contribution < 1.29 is 14.1 Å². The van der Waals surface area contributed by atoms with Crippen molar-refractivity contribution in [2.24, 2.45) is 5.10 Å². The van der Waals surface area contributed by atoms with Crippen LogP contribution in [0.4, 0.5) is 5.69 Å². The van der Waals surface area contributed by atoms with Crippen molar-refractivity contribution in [1.29, 1.82) is 0 Å². The van der Waals surface area contributed by atoms with Crippen LogP contribution in [0.1, 0.15) is 12.7 Å². The van der Waals surface area contributed by atoms with E-state index in [0.29, 0.717) is 34.5 Å². The van der Waals surface area contributed by atoms with Crippen LogP contribution in [0, 0.1) is 10.1 Å². The number of thiocarbonyl (C=S) groups is 1. The number of nitrogens with zero attached hydrogens (tertiary/aromatic N) is 2. The van der Waals surface area contributed by atoms with Gasteiger partial charge in [0.05, 0.1) is 23.8 Å². The Balaban J connectivity index is 2.21. The zero-order chi connectivity index (χ0) is 17.5. The lowest BCUT2D eigenvalue weighted by Gasteiger charge is -2.05. The predicted octanol–water partition coefficient (Wildman–Crippen LogP) is 2.68. The molecule has 0 bridgehead atoms. The summed E-state index contributed by atoms with van der Waals surface area (Å²) < 4.78 is 10.9. The molecule has 0 saturated carbocycles. The smallest absolute Gasteiger partial charge is 0.270 e. The summed E-state index contributed by atoms with van der Waals surface area (Å²) in [5.74, 6) is 1.38. The van der Waals surface area contributed by atoms with Crippen molar-refractivity contribution in [3.63, 3.8) is 0 Å². The topological polar surface area (TPSA) is 102 Å². The maximum atomic E-state index is 10.9. The maximum Gasteiger partial charge on any atom is 0.270 e. The molecule has 0 unspecified atom stereocenters. The Hall–Kier alpha value is -2.94. The highest BCUT2D eigenvalue weighted by molar-refractivity contribution is 7.80. The third kappa shape index (κ3) is 4.29. The van der Waals surface area contributed by atoms with Crippen LogP contribution in [0.3, 0.4) is 0 Å². The first-order chi connectivity index (χ1) is 11.5. The molecule has 2 aromatic rings. The number of furan rings is 1. The largest absolute Gasteiger partial charge is 0.496 e. The molecule has 0 radical (unpaired) electrons. The molecule has 126 valence electrons. The number of non-ortho nitro benzene ring substituents is 1. The summed E-state index contributed by atoms with van der Waals surface area (Å²) in [5, 5.41) is 18.2. The van der Waals surface area contributed by atoms with E-state index in [2.05, 4.69) is 15.8 Å². The highest BCUT2D eigenvalue weighted by atomic mass is 32.1. The highest BCUT2D eigenvalue weighted by Gasteiger charge is 2.15. The number of ether oxygens (including phenoxy) is 1. The van der Waals surface area contributed by atoms with Crippen LogP contribution in [0.5, 0.6) is 5.75 Å². The molecule has 8 nitrogen and oxygen atoms in total. The lowest BCUT2D eigenvalue weighted by Crippen LogP contribution is -2.31. The molecule has 0 fully saturated rings. The molecule has 0 saturated heterocycles. The van der Waals surface area contributed by atoms with E-state index >= 15 is 0 Å². The van der Waals surface area contributed by atoms with Gasteiger partial charge in [-0.25, -0.2) is 0 Å². The minimum absolute atomic E-state index is 0.0462. The zero-order valence-electron chi connectivity index (χ0n) is 13.1. The summed E-state index contributed by atoms with van der Waals surface area (Å²) in [7, 11) is 1.49. The molecule has 2 N–H and O–H groups in total. The molecule has 0 atom stereocenters. The van der Waals surface area contributed by atoms with Gasteiger partial charge < -0.3 is 14.5 Å². The average Bonchev–Trinajstić information content (AvgIpc) is 3.03. The van der Waals surface area contributed by atoms with Crippen molar-refractivity contribution >= 4 is 29.2 Å². The lowest BCUT2D eigenvalue weighted by molar-refractivity contribution is -0.384. The summed E-state index contributed by atoms with van der Waals surface area (Å²) in [4.78, 5) is 10.5. The third-order valence-corrected chi connectivity index (χ3v) is 3.22. The molecule has 1 heterocycles. The second-order valence-corrected chi connectivity index (χ2v) is 4.98. The standard InChI is InChI=1S/C15H16N4O4S/c1-3-16-15(24)18-17-9-11-5-7-14(23-11)12-8-10(19(20)21)4-6-13(12)22-2/h4-9H,3H2,1-2H3,(H2,16,18,24). The summed E-state index contributed by atoms with van der Waals surface area (Å²) in [6.45, 7) is 2.61. The van der Waals surface area contributed by atoms with Crippen molar-refractivity contribution in [1.82, 2.24) is 10.7 Å². The first-order valence-corrected chi connectivity index (χ1v) is 7.45. The molecule has 2 rings (SSSR count). The summed E-state index contributed by atoms with van der Waals surface area (Å²) in [6, 6.07) is 7.68.